The molecule has 0 radical (unpaired) electrons. The number of hydrogen-bond donors (Lipinski definition) is 2. The number of nitrogens with one attached hydrogen (secondary N) is 1. The number of carboxylic acids is 1. The summed E-state index contributed by atoms with van der Waals surface area (Å²) in [4.78, 5) is 40.1. The van der Waals surface area contributed by atoms with Crippen molar-refractivity contribution >= 4 is 17.8 Å². The Balaban J connectivity index is 1.62. The van der Waals surface area contributed by atoms with Gasteiger partial charge >= 0.3 is 5.97 Å². The average Bonchev–Trinajstić information content (AvgIpc) is 3.01. The topological polar surface area (TPSA) is 95.9 Å². The molecule has 0 bridgehead atoms. The van der Waals surface area contributed by atoms with E-state index in [2.05, 4.69) is 5.32 Å². The Morgan fingerprint density at radius 1 is 0.791 bits per heavy atom. The van der Waals surface area contributed by atoms with Crippen molar-refractivity contribution in [2.45, 2.75) is 26.3 Å². The van der Waals surface area contributed by atoms with Crippen LogP contribution in [-0.2, 0) is 17.8 Å². The maximum Gasteiger partial charge on any atom is 0.305 e. The van der Waals surface area contributed by atoms with Crippen LogP contribution < -0.4 is 10.1 Å². The minimum Gasteiger partial charge on any atom is -0.494 e. The van der Waals surface area contributed by atoms with Gasteiger partial charge in [-0.05, 0) is 60.4 Å². The average molecular weight is 587 g/mol. The highest BCUT2D eigenvalue weighted by Gasteiger charge is 2.23. The van der Waals surface area contributed by atoms with Crippen molar-refractivity contribution in [1.29, 1.82) is 0 Å². The third-order valence-corrected chi connectivity index (χ3v) is 6.91. The monoisotopic (exact) mass is 586 g/mol. The van der Waals surface area contributed by atoms with Gasteiger partial charge < -0.3 is 20.1 Å². The Hall–Kier alpha value is -5.05. The van der Waals surface area contributed by atoms with E-state index in [9.17, 15) is 28.3 Å². The van der Waals surface area contributed by atoms with E-state index in [1.165, 1.54) is 11.0 Å². The standard InChI is InChI=1S/C34H32F2N2O5/c1-2-43-31-17-8-3-10-23(31)18-20-38(21-19-32(39)40)34(42)27-14-7-5-12-25(27)24-11-4-6-13-26(24)33(41)37-22-28-29(35)15-9-16-30(28)36/h3-17H,2,18-22H2,1H3,(H,37,41)(H,39,40). The van der Waals surface area contributed by atoms with Crippen LogP contribution in [0.2, 0.25) is 0 Å². The molecule has 0 saturated heterocycles. The van der Waals surface area contributed by atoms with E-state index in [0.29, 0.717) is 29.9 Å². The predicted molar refractivity (Wildman–Crippen MR) is 159 cm³/mol. The molecular formula is C34H32F2N2O5. The number of para-hydroxylation sites is 1. The van der Waals surface area contributed by atoms with Crippen LogP contribution in [0.25, 0.3) is 11.1 Å². The van der Waals surface area contributed by atoms with Crippen molar-refractivity contribution in [2.75, 3.05) is 19.7 Å². The largest absolute Gasteiger partial charge is 0.494 e. The molecule has 0 aliphatic heterocycles. The molecule has 4 rings (SSSR count). The normalized spacial score (nSPS) is 10.7. The molecule has 0 aromatic heterocycles. The van der Waals surface area contributed by atoms with Gasteiger partial charge in [-0.3, -0.25) is 14.4 Å². The van der Waals surface area contributed by atoms with Gasteiger partial charge in [0.05, 0.1) is 13.0 Å². The molecule has 0 unspecified atom stereocenters. The lowest BCUT2D eigenvalue weighted by molar-refractivity contribution is -0.137. The summed E-state index contributed by atoms with van der Waals surface area (Å²) in [5, 5.41) is 11.9. The van der Waals surface area contributed by atoms with Gasteiger partial charge in [0.2, 0.25) is 0 Å². The molecule has 2 N–H and O–H groups in total. The van der Waals surface area contributed by atoms with Gasteiger partial charge in [-0.25, -0.2) is 8.78 Å². The smallest absolute Gasteiger partial charge is 0.305 e. The molecule has 0 fully saturated rings. The summed E-state index contributed by atoms with van der Waals surface area (Å²) >= 11 is 0. The summed E-state index contributed by atoms with van der Waals surface area (Å²) in [6.45, 7) is 2.22. The van der Waals surface area contributed by atoms with Crippen LogP contribution in [0.1, 0.15) is 45.2 Å². The number of carbonyl (C=O) groups excluding carboxylic acids is 2. The molecule has 0 spiro atoms. The minimum atomic E-state index is -1.03. The van der Waals surface area contributed by atoms with Crippen LogP contribution in [0, 0.1) is 11.6 Å². The lowest BCUT2D eigenvalue weighted by Gasteiger charge is -2.24. The summed E-state index contributed by atoms with van der Waals surface area (Å²) in [7, 11) is 0. The molecule has 0 atom stereocenters. The molecule has 4 aromatic carbocycles. The Morgan fingerprint density at radius 3 is 2.07 bits per heavy atom. The van der Waals surface area contributed by atoms with Crippen LogP contribution in [0.3, 0.4) is 0 Å². The summed E-state index contributed by atoms with van der Waals surface area (Å²) in [6, 6.07) is 24.3. The number of rotatable bonds is 13. The molecule has 222 valence electrons. The quantitative estimate of drug-likeness (QED) is 0.197. The third kappa shape index (κ3) is 7.82. The molecule has 0 saturated carbocycles. The zero-order valence-electron chi connectivity index (χ0n) is 23.7. The number of benzene rings is 4. The zero-order valence-corrected chi connectivity index (χ0v) is 23.7. The van der Waals surface area contributed by atoms with E-state index >= 15 is 0 Å². The molecule has 0 heterocycles. The molecule has 0 aliphatic carbocycles. The van der Waals surface area contributed by atoms with Crippen LogP contribution >= 0.6 is 0 Å². The lowest BCUT2D eigenvalue weighted by atomic mass is 9.94. The second-order valence-electron chi connectivity index (χ2n) is 9.70. The second-order valence-corrected chi connectivity index (χ2v) is 9.70. The summed E-state index contributed by atoms with van der Waals surface area (Å²) in [5.74, 6) is -2.84. The van der Waals surface area contributed by atoms with Crippen molar-refractivity contribution in [3.8, 4) is 16.9 Å². The lowest BCUT2D eigenvalue weighted by Crippen LogP contribution is -2.35. The molecule has 2 amide bonds. The first-order valence-electron chi connectivity index (χ1n) is 13.9. The van der Waals surface area contributed by atoms with Crippen LogP contribution in [0.4, 0.5) is 8.78 Å². The Bertz CT molecular complexity index is 1590. The number of carbonyl (C=O) groups is 3. The number of carboxylic acid groups (broad SMARTS) is 1. The number of nitrogens with zero attached hydrogens (tertiary/aromatic N) is 1. The summed E-state index contributed by atoms with van der Waals surface area (Å²) < 4.78 is 34.0. The highest BCUT2D eigenvalue weighted by atomic mass is 19.1. The van der Waals surface area contributed by atoms with Crippen molar-refractivity contribution in [2.24, 2.45) is 0 Å². The highest BCUT2D eigenvalue weighted by Crippen LogP contribution is 2.29. The third-order valence-electron chi connectivity index (χ3n) is 6.91. The van der Waals surface area contributed by atoms with Crippen LogP contribution in [0.15, 0.2) is 91.0 Å². The van der Waals surface area contributed by atoms with Crippen molar-refractivity contribution in [1.82, 2.24) is 10.2 Å². The van der Waals surface area contributed by atoms with Crippen LogP contribution in [-0.4, -0.2) is 47.5 Å². The molecule has 9 heteroatoms. The maximum atomic E-state index is 14.1. The van der Waals surface area contributed by atoms with Gasteiger partial charge in [-0.1, -0.05) is 60.7 Å². The summed E-state index contributed by atoms with van der Waals surface area (Å²) in [6.07, 6.45) is 0.196. The van der Waals surface area contributed by atoms with E-state index < -0.39 is 29.4 Å². The predicted octanol–water partition coefficient (Wildman–Crippen LogP) is 6.12. The van der Waals surface area contributed by atoms with Gasteiger partial charge in [0.15, 0.2) is 0 Å². The van der Waals surface area contributed by atoms with E-state index in [4.69, 9.17) is 4.74 Å². The van der Waals surface area contributed by atoms with Crippen molar-refractivity contribution < 1.29 is 33.0 Å². The molecular weight excluding hydrogens is 554 g/mol. The Morgan fingerprint density at radius 2 is 1.40 bits per heavy atom. The molecule has 0 aliphatic rings. The van der Waals surface area contributed by atoms with E-state index in [1.54, 1.807) is 48.5 Å². The molecule has 43 heavy (non-hydrogen) atoms. The second kappa shape index (κ2) is 14.7. The van der Waals surface area contributed by atoms with Gasteiger partial charge in [0, 0.05) is 36.3 Å². The fourth-order valence-corrected chi connectivity index (χ4v) is 4.76. The van der Waals surface area contributed by atoms with E-state index in [-0.39, 0.29) is 42.7 Å². The maximum absolute atomic E-state index is 14.1. The van der Waals surface area contributed by atoms with E-state index in [1.807, 2.05) is 31.2 Å². The number of amides is 2. The number of halogens is 2. The fraction of sp³-hybridized carbons (Fsp3) is 0.206. The van der Waals surface area contributed by atoms with Gasteiger partial charge in [-0.2, -0.15) is 0 Å². The van der Waals surface area contributed by atoms with Gasteiger partial charge in [-0.15, -0.1) is 0 Å². The number of aliphatic carboxylic acids is 1. The Labute approximate surface area is 248 Å². The fourth-order valence-electron chi connectivity index (χ4n) is 4.76. The highest BCUT2D eigenvalue weighted by molar-refractivity contribution is 6.06. The van der Waals surface area contributed by atoms with Gasteiger partial charge in [0.1, 0.15) is 17.4 Å². The summed E-state index contributed by atoms with van der Waals surface area (Å²) in [5.41, 5.74) is 2.03. The first kappa shape index (κ1) is 30.9. The van der Waals surface area contributed by atoms with Gasteiger partial charge in [0.25, 0.3) is 11.8 Å². The SMILES string of the molecule is CCOc1ccccc1CCN(CCC(=O)O)C(=O)c1ccccc1-c1ccccc1C(=O)NCc1c(F)cccc1F. The number of ether oxygens (including phenoxy) is 1. The van der Waals surface area contributed by atoms with E-state index in [0.717, 1.165) is 17.7 Å². The van der Waals surface area contributed by atoms with Crippen LogP contribution in [0.5, 0.6) is 5.75 Å². The molecule has 4 aromatic rings. The minimum absolute atomic E-state index is 0.0182. The first-order valence-corrected chi connectivity index (χ1v) is 13.9. The zero-order chi connectivity index (χ0) is 30.8. The number of hydrogen-bond acceptors (Lipinski definition) is 4. The first-order chi connectivity index (χ1) is 20.8. The molecule has 7 nitrogen and oxygen atoms in total. The Kier molecular flexibility index (Phi) is 10.6. The van der Waals surface area contributed by atoms with Crippen molar-refractivity contribution in [3.05, 3.63) is 125 Å². The van der Waals surface area contributed by atoms with Crippen molar-refractivity contribution in [3.63, 3.8) is 0 Å².